The maximum Gasteiger partial charge on any atom is 0.319 e. The Hall–Kier alpha value is -2.50. The van der Waals surface area contributed by atoms with Crippen LogP contribution in [0.2, 0.25) is 0 Å². The Balaban J connectivity index is 1.90. The molecule has 0 spiro atoms. The van der Waals surface area contributed by atoms with E-state index in [9.17, 15) is 4.79 Å². The quantitative estimate of drug-likeness (QED) is 0.866. The summed E-state index contributed by atoms with van der Waals surface area (Å²) in [6.07, 6.45) is 4.72. The average molecular weight is 247 g/mol. The Kier molecular flexibility index (Phi) is 3.80. The van der Waals surface area contributed by atoms with Gasteiger partial charge in [-0.25, -0.2) is 9.78 Å². The third-order valence-electron chi connectivity index (χ3n) is 2.25. The predicted octanol–water partition coefficient (Wildman–Crippen LogP) is 2.00. The van der Waals surface area contributed by atoms with Gasteiger partial charge in [-0.3, -0.25) is 0 Å². The van der Waals surface area contributed by atoms with Gasteiger partial charge < -0.3 is 19.8 Å². The fourth-order valence-electron chi connectivity index (χ4n) is 1.39. The smallest absolute Gasteiger partial charge is 0.319 e. The molecule has 2 N–H and O–H groups in total. The maximum absolute atomic E-state index is 11.6. The van der Waals surface area contributed by atoms with Crippen LogP contribution < -0.4 is 15.4 Å². The van der Waals surface area contributed by atoms with Crippen LogP contribution in [0, 0.1) is 0 Å². The molecule has 0 fully saturated rings. The van der Waals surface area contributed by atoms with Crippen molar-refractivity contribution in [2.24, 2.45) is 0 Å². The van der Waals surface area contributed by atoms with E-state index < -0.39 is 0 Å². The van der Waals surface area contributed by atoms with Crippen molar-refractivity contribution in [3.63, 3.8) is 0 Å². The van der Waals surface area contributed by atoms with Crippen LogP contribution in [0.25, 0.3) is 0 Å². The number of nitrogens with zero attached hydrogens (tertiary/aromatic N) is 1. The number of aromatic nitrogens is 1. The van der Waals surface area contributed by atoms with Crippen LogP contribution in [-0.2, 0) is 6.54 Å². The Morgan fingerprint density at radius 2 is 2.39 bits per heavy atom. The molecule has 0 atom stereocenters. The van der Waals surface area contributed by atoms with Crippen molar-refractivity contribution in [2.75, 3.05) is 12.4 Å². The minimum absolute atomic E-state index is 0.331. The van der Waals surface area contributed by atoms with Gasteiger partial charge in [-0.2, -0.15) is 0 Å². The first-order valence-corrected chi connectivity index (χ1v) is 5.34. The van der Waals surface area contributed by atoms with Crippen LogP contribution in [0.4, 0.5) is 10.5 Å². The van der Waals surface area contributed by atoms with Crippen LogP contribution in [0.5, 0.6) is 5.88 Å². The number of ether oxygens (including phenoxy) is 1. The van der Waals surface area contributed by atoms with Gasteiger partial charge in [0.15, 0.2) is 0 Å². The van der Waals surface area contributed by atoms with E-state index in [0.29, 0.717) is 18.1 Å². The Morgan fingerprint density at radius 1 is 1.50 bits per heavy atom. The molecule has 94 valence electrons. The van der Waals surface area contributed by atoms with E-state index in [1.54, 1.807) is 36.9 Å². The SMILES string of the molecule is COc1ncccc1NC(=O)NCc1ccoc1. The van der Waals surface area contributed by atoms with Gasteiger partial charge >= 0.3 is 6.03 Å². The minimum Gasteiger partial charge on any atom is -0.480 e. The molecule has 18 heavy (non-hydrogen) atoms. The fraction of sp³-hybridized carbons (Fsp3) is 0.167. The summed E-state index contributed by atoms with van der Waals surface area (Å²) in [4.78, 5) is 15.6. The topological polar surface area (TPSA) is 76.4 Å². The molecule has 2 rings (SSSR count). The molecule has 0 bridgehead atoms. The molecule has 2 aromatic rings. The predicted molar refractivity (Wildman–Crippen MR) is 65.4 cm³/mol. The molecule has 0 saturated carbocycles. The molecule has 0 aliphatic carbocycles. The van der Waals surface area contributed by atoms with Crippen LogP contribution in [-0.4, -0.2) is 18.1 Å². The molecule has 2 aromatic heterocycles. The molecule has 0 radical (unpaired) electrons. The number of urea groups is 1. The van der Waals surface area contributed by atoms with Gasteiger partial charge in [-0.15, -0.1) is 0 Å². The van der Waals surface area contributed by atoms with Crippen molar-refractivity contribution in [2.45, 2.75) is 6.54 Å². The van der Waals surface area contributed by atoms with Gasteiger partial charge in [0.1, 0.15) is 5.69 Å². The maximum atomic E-state index is 11.6. The number of hydrogen-bond acceptors (Lipinski definition) is 4. The molecule has 6 nitrogen and oxygen atoms in total. The lowest BCUT2D eigenvalue weighted by Crippen LogP contribution is -2.28. The molecule has 2 heterocycles. The Bertz CT molecular complexity index is 511. The standard InChI is InChI=1S/C12H13N3O3/c1-17-11-10(3-2-5-13-11)15-12(16)14-7-9-4-6-18-8-9/h2-6,8H,7H2,1H3,(H2,14,15,16). The third kappa shape index (κ3) is 3.00. The van der Waals surface area contributed by atoms with E-state index in [4.69, 9.17) is 9.15 Å². The lowest BCUT2D eigenvalue weighted by molar-refractivity contribution is 0.251. The second-order valence-corrected chi connectivity index (χ2v) is 3.50. The number of carbonyl (C=O) groups is 1. The average Bonchev–Trinajstić information content (AvgIpc) is 2.90. The highest BCUT2D eigenvalue weighted by atomic mass is 16.5. The van der Waals surface area contributed by atoms with Crippen LogP contribution in [0.1, 0.15) is 5.56 Å². The van der Waals surface area contributed by atoms with E-state index in [2.05, 4.69) is 15.6 Å². The molecular formula is C12H13N3O3. The van der Waals surface area contributed by atoms with Crippen molar-refractivity contribution in [3.8, 4) is 5.88 Å². The summed E-state index contributed by atoms with van der Waals surface area (Å²) in [6, 6.07) is 4.88. The highest BCUT2D eigenvalue weighted by Gasteiger charge is 2.07. The number of furan rings is 1. The molecule has 0 aromatic carbocycles. The summed E-state index contributed by atoms with van der Waals surface area (Å²) in [5, 5.41) is 5.35. The molecule has 0 unspecified atom stereocenters. The monoisotopic (exact) mass is 247 g/mol. The molecule has 0 aliphatic rings. The van der Waals surface area contributed by atoms with Crippen LogP contribution >= 0.6 is 0 Å². The molecule has 6 heteroatoms. The summed E-state index contributed by atoms with van der Waals surface area (Å²) in [6.45, 7) is 0.394. The summed E-state index contributed by atoms with van der Waals surface area (Å²) in [7, 11) is 1.50. The first kappa shape index (κ1) is 12.0. The summed E-state index contributed by atoms with van der Waals surface area (Å²) < 4.78 is 9.93. The zero-order valence-electron chi connectivity index (χ0n) is 9.84. The number of rotatable bonds is 4. The number of methoxy groups -OCH3 is 1. The van der Waals surface area contributed by atoms with Crippen molar-refractivity contribution in [3.05, 3.63) is 42.5 Å². The molecular weight excluding hydrogens is 234 g/mol. The van der Waals surface area contributed by atoms with Crippen molar-refractivity contribution < 1.29 is 13.9 Å². The molecule has 0 saturated heterocycles. The van der Waals surface area contributed by atoms with E-state index in [0.717, 1.165) is 5.56 Å². The largest absolute Gasteiger partial charge is 0.480 e. The van der Waals surface area contributed by atoms with E-state index in [-0.39, 0.29) is 6.03 Å². The van der Waals surface area contributed by atoms with Gasteiger partial charge in [0, 0.05) is 18.3 Å². The third-order valence-corrected chi connectivity index (χ3v) is 2.25. The first-order valence-electron chi connectivity index (χ1n) is 5.34. The molecule has 2 amide bonds. The molecule has 0 aliphatic heterocycles. The lowest BCUT2D eigenvalue weighted by Gasteiger charge is -2.09. The van der Waals surface area contributed by atoms with Gasteiger partial charge in [0.05, 0.1) is 19.6 Å². The number of amides is 2. The number of anilines is 1. The van der Waals surface area contributed by atoms with Crippen molar-refractivity contribution in [1.82, 2.24) is 10.3 Å². The van der Waals surface area contributed by atoms with Crippen LogP contribution in [0.3, 0.4) is 0 Å². The first-order chi connectivity index (χ1) is 8.79. The highest BCUT2D eigenvalue weighted by molar-refractivity contribution is 5.90. The highest BCUT2D eigenvalue weighted by Crippen LogP contribution is 2.19. The van der Waals surface area contributed by atoms with Gasteiger partial charge in [0.2, 0.25) is 5.88 Å². The second kappa shape index (κ2) is 5.72. The number of carbonyl (C=O) groups excluding carboxylic acids is 1. The number of nitrogens with one attached hydrogen (secondary N) is 2. The van der Waals surface area contributed by atoms with Gasteiger partial charge in [-0.1, -0.05) is 0 Å². The van der Waals surface area contributed by atoms with Crippen LogP contribution in [0.15, 0.2) is 41.3 Å². The summed E-state index contributed by atoms with van der Waals surface area (Å²) >= 11 is 0. The zero-order chi connectivity index (χ0) is 12.8. The van der Waals surface area contributed by atoms with E-state index >= 15 is 0 Å². The van der Waals surface area contributed by atoms with E-state index in [1.165, 1.54) is 7.11 Å². The normalized spacial score (nSPS) is 9.83. The fourth-order valence-corrected chi connectivity index (χ4v) is 1.39. The number of pyridine rings is 1. The minimum atomic E-state index is -0.331. The lowest BCUT2D eigenvalue weighted by atomic mass is 10.3. The Morgan fingerprint density at radius 3 is 3.11 bits per heavy atom. The summed E-state index contributed by atoms with van der Waals surface area (Å²) in [5.74, 6) is 0.371. The summed E-state index contributed by atoms with van der Waals surface area (Å²) in [5.41, 5.74) is 1.41. The zero-order valence-corrected chi connectivity index (χ0v) is 9.84. The second-order valence-electron chi connectivity index (χ2n) is 3.50. The van der Waals surface area contributed by atoms with Crippen molar-refractivity contribution in [1.29, 1.82) is 0 Å². The van der Waals surface area contributed by atoms with E-state index in [1.807, 2.05) is 0 Å². The van der Waals surface area contributed by atoms with Gasteiger partial charge in [0.25, 0.3) is 0 Å². The van der Waals surface area contributed by atoms with Gasteiger partial charge in [-0.05, 0) is 18.2 Å². The Labute approximate surface area is 104 Å². The number of hydrogen-bond donors (Lipinski definition) is 2. The van der Waals surface area contributed by atoms with Crippen molar-refractivity contribution >= 4 is 11.7 Å².